The zero-order chi connectivity index (χ0) is 16.4. The number of carbonyl (C=O) groups excluding carboxylic acids is 1. The topological polar surface area (TPSA) is 73.3 Å². The molecule has 1 aromatic carbocycles. The summed E-state index contributed by atoms with van der Waals surface area (Å²) >= 11 is 5.64. The van der Waals surface area contributed by atoms with Crippen LogP contribution in [0.15, 0.2) is 30.3 Å². The predicted molar refractivity (Wildman–Crippen MR) is 86.0 cm³/mol. The highest BCUT2D eigenvalue weighted by atomic mass is 35.5. The first-order valence-corrected chi connectivity index (χ1v) is 7.53. The molecule has 0 aliphatic carbocycles. The van der Waals surface area contributed by atoms with Gasteiger partial charge in [-0.25, -0.2) is 0 Å². The SMILES string of the molecule is CC1(C)Cc2cccc(OCC(=O)Nc3ccc(Cl)nn3)c2O1. The molecule has 0 spiro atoms. The monoisotopic (exact) mass is 333 g/mol. The van der Waals surface area contributed by atoms with Crippen molar-refractivity contribution in [3.63, 3.8) is 0 Å². The lowest BCUT2D eigenvalue weighted by Gasteiger charge is -2.18. The number of benzene rings is 1. The summed E-state index contributed by atoms with van der Waals surface area (Å²) in [5.74, 6) is 1.25. The van der Waals surface area contributed by atoms with Crippen molar-refractivity contribution in [2.45, 2.75) is 25.9 Å². The molecule has 1 N–H and O–H groups in total. The molecule has 0 saturated heterocycles. The normalized spacial score (nSPS) is 14.7. The molecular formula is C16H16ClN3O3. The number of halogens is 1. The Morgan fingerprint density at radius 1 is 1.35 bits per heavy atom. The maximum absolute atomic E-state index is 11.9. The fourth-order valence-electron chi connectivity index (χ4n) is 2.41. The second kappa shape index (κ2) is 6.04. The Morgan fingerprint density at radius 3 is 2.91 bits per heavy atom. The largest absolute Gasteiger partial charge is 0.483 e. The van der Waals surface area contributed by atoms with E-state index in [9.17, 15) is 4.79 Å². The molecule has 2 heterocycles. The van der Waals surface area contributed by atoms with E-state index >= 15 is 0 Å². The van der Waals surface area contributed by atoms with E-state index in [-0.39, 0.29) is 23.3 Å². The molecule has 0 radical (unpaired) electrons. The summed E-state index contributed by atoms with van der Waals surface area (Å²) in [6.45, 7) is 3.88. The number of para-hydroxylation sites is 1. The molecule has 1 aliphatic heterocycles. The Kier molecular flexibility index (Phi) is 4.09. The lowest BCUT2D eigenvalue weighted by Crippen LogP contribution is -2.25. The molecule has 3 rings (SSSR count). The van der Waals surface area contributed by atoms with Crippen LogP contribution in [0.4, 0.5) is 5.82 Å². The van der Waals surface area contributed by atoms with Crippen molar-refractivity contribution in [3.8, 4) is 11.5 Å². The Morgan fingerprint density at radius 2 is 2.17 bits per heavy atom. The average molecular weight is 334 g/mol. The van der Waals surface area contributed by atoms with E-state index < -0.39 is 0 Å². The zero-order valence-corrected chi connectivity index (χ0v) is 13.6. The summed E-state index contributed by atoms with van der Waals surface area (Å²) < 4.78 is 11.5. The molecule has 0 atom stereocenters. The zero-order valence-electron chi connectivity index (χ0n) is 12.8. The van der Waals surface area contributed by atoms with Crippen molar-refractivity contribution in [3.05, 3.63) is 41.0 Å². The van der Waals surface area contributed by atoms with E-state index in [0.717, 1.165) is 12.0 Å². The van der Waals surface area contributed by atoms with Crippen molar-refractivity contribution in [1.82, 2.24) is 10.2 Å². The van der Waals surface area contributed by atoms with Gasteiger partial charge < -0.3 is 14.8 Å². The van der Waals surface area contributed by atoms with E-state index in [4.69, 9.17) is 21.1 Å². The van der Waals surface area contributed by atoms with Gasteiger partial charge in [-0.15, -0.1) is 10.2 Å². The van der Waals surface area contributed by atoms with Crippen LogP contribution in [0.5, 0.6) is 11.5 Å². The Bertz CT molecular complexity index is 732. The van der Waals surface area contributed by atoms with Crippen LogP contribution in [-0.2, 0) is 11.2 Å². The fraction of sp³-hybridized carbons (Fsp3) is 0.312. The molecule has 1 aromatic heterocycles. The van der Waals surface area contributed by atoms with Crippen molar-refractivity contribution in [2.75, 3.05) is 11.9 Å². The van der Waals surface area contributed by atoms with Crippen LogP contribution in [0.25, 0.3) is 0 Å². The van der Waals surface area contributed by atoms with Gasteiger partial charge in [-0.05, 0) is 32.0 Å². The van der Waals surface area contributed by atoms with Crippen molar-refractivity contribution in [2.24, 2.45) is 0 Å². The third kappa shape index (κ3) is 3.71. The van der Waals surface area contributed by atoms with Crippen LogP contribution in [0.2, 0.25) is 5.15 Å². The fourth-order valence-corrected chi connectivity index (χ4v) is 2.51. The number of hydrogen-bond donors (Lipinski definition) is 1. The van der Waals surface area contributed by atoms with E-state index in [1.165, 1.54) is 0 Å². The number of rotatable bonds is 4. The summed E-state index contributed by atoms with van der Waals surface area (Å²) in [6.07, 6.45) is 0.812. The number of ether oxygens (including phenoxy) is 2. The molecule has 6 nitrogen and oxygen atoms in total. The summed E-state index contributed by atoms with van der Waals surface area (Å²) in [6, 6.07) is 8.79. The van der Waals surface area contributed by atoms with Gasteiger partial charge >= 0.3 is 0 Å². The predicted octanol–water partition coefficient (Wildman–Crippen LogP) is 2.86. The van der Waals surface area contributed by atoms with E-state index in [1.807, 2.05) is 26.0 Å². The van der Waals surface area contributed by atoms with Crippen LogP contribution in [0.1, 0.15) is 19.4 Å². The number of nitrogens with one attached hydrogen (secondary N) is 1. The standard InChI is InChI=1S/C16H16ClN3O3/c1-16(2)8-10-4-3-5-11(15(10)23-16)22-9-14(21)18-13-7-6-12(17)19-20-13/h3-7H,8-9H2,1-2H3,(H,18,20,21). The van der Waals surface area contributed by atoms with Crippen LogP contribution < -0.4 is 14.8 Å². The molecule has 0 unspecified atom stereocenters. The van der Waals surface area contributed by atoms with Gasteiger partial charge in [0, 0.05) is 12.0 Å². The Labute approximate surface area is 138 Å². The van der Waals surface area contributed by atoms with E-state index in [2.05, 4.69) is 15.5 Å². The number of fused-ring (bicyclic) bond motifs is 1. The number of nitrogens with zero attached hydrogens (tertiary/aromatic N) is 2. The third-order valence-corrected chi connectivity index (χ3v) is 3.51. The summed E-state index contributed by atoms with van der Waals surface area (Å²) in [5, 5.41) is 10.3. The minimum Gasteiger partial charge on any atom is -0.483 e. The number of anilines is 1. The second-order valence-electron chi connectivity index (χ2n) is 5.86. The first kappa shape index (κ1) is 15.6. The van der Waals surface area contributed by atoms with Gasteiger partial charge in [0.15, 0.2) is 29.1 Å². The number of carbonyl (C=O) groups is 1. The highest BCUT2D eigenvalue weighted by Gasteiger charge is 2.32. The van der Waals surface area contributed by atoms with Gasteiger partial charge in [0.25, 0.3) is 5.91 Å². The number of hydrogen-bond acceptors (Lipinski definition) is 5. The highest BCUT2D eigenvalue weighted by Crippen LogP contribution is 2.41. The molecular weight excluding hydrogens is 318 g/mol. The summed E-state index contributed by atoms with van der Waals surface area (Å²) in [4.78, 5) is 11.9. The van der Waals surface area contributed by atoms with Gasteiger partial charge in [-0.3, -0.25) is 4.79 Å². The average Bonchev–Trinajstić information content (AvgIpc) is 2.82. The maximum Gasteiger partial charge on any atom is 0.263 e. The lowest BCUT2D eigenvalue weighted by molar-refractivity contribution is -0.118. The first-order chi connectivity index (χ1) is 10.9. The van der Waals surface area contributed by atoms with Crippen LogP contribution in [0, 0.1) is 0 Å². The van der Waals surface area contributed by atoms with Gasteiger partial charge in [0.2, 0.25) is 0 Å². The second-order valence-corrected chi connectivity index (χ2v) is 6.25. The van der Waals surface area contributed by atoms with Crippen molar-refractivity contribution in [1.29, 1.82) is 0 Å². The number of aromatic nitrogens is 2. The first-order valence-electron chi connectivity index (χ1n) is 7.16. The van der Waals surface area contributed by atoms with Gasteiger partial charge in [-0.1, -0.05) is 23.7 Å². The van der Waals surface area contributed by atoms with Gasteiger partial charge in [-0.2, -0.15) is 0 Å². The molecule has 1 amide bonds. The smallest absolute Gasteiger partial charge is 0.263 e. The van der Waals surface area contributed by atoms with Crippen LogP contribution >= 0.6 is 11.6 Å². The van der Waals surface area contributed by atoms with E-state index in [0.29, 0.717) is 17.3 Å². The third-order valence-electron chi connectivity index (χ3n) is 3.31. The summed E-state index contributed by atoms with van der Waals surface area (Å²) in [5.41, 5.74) is 0.819. The minimum absolute atomic E-state index is 0.148. The van der Waals surface area contributed by atoms with Crippen LogP contribution in [-0.4, -0.2) is 28.3 Å². The molecule has 23 heavy (non-hydrogen) atoms. The molecule has 0 fully saturated rings. The van der Waals surface area contributed by atoms with Crippen LogP contribution in [0.3, 0.4) is 0 Å². The van der Waals surface area contributed by atoms with Crippen molar-refractivity contribution < 1.29 is 14.3 Å². The summed E-state index contributed by atoms with van der Waals surface area (Å²) in [7, 11) is 0. The van der Waals surface area contributed by atoms with Gasteiger partial charge in [0.1, 0.15) is 5.60 Å². The highest BCUT2D eigenvalue weighted by molar-refractivity contribution is 6.29. The molecule has 7 heteroatoms. The number of amides is 1. The van der Waals surface area contributed by atoms with Crippen molar-refractivity contribution >= 4 is 23.3 Å². The molecule has 0 bridgehead atoms. The quantitative estimate of drug-likeness (QED) is 0.931. The lowest BCUT2D eigenvalue weighted by atomic mass is 10.0. The Balaban J connectivity index is 1.62. The molecule has 1 aliphatic rings. The van der Waals surface area contributed by atoms with E-state index in [1.54, 1.807) is 18.2 Å². The molecule has 2 aromatic rings. The molecule has 120 valence electrons. The van der Waals surface area contributed by atoms with Gasteiger partial charge in [0.05, 0.1) is 0 Å². The minimum atomic E-state index is -0.337. The Hall–Kier alpha value is -2.34. The molecule has 0 saturated carbocycles. The maximum atomic E-state index is 11.9.